The lowest BCUT2D eigenvalue weighted by atomic mass is 9.76. The number of hydrogen-bond donors (Lipinski definition) is 3. The number of carbonyl (C=O) groups excluding carboxylic acids is 2. The number of carbonyl (C=O) groups is 2. The predicted octanol–water partition coefficient (Wildman–Crippen LogP) is 3.10. The second kappa shape index (κ2) is 9.78. The van der Waals surface area contributed by atoms with Crippen LogP contribution in [0.4, 0.5) is 0 Å². The van der Waals surface area contributed by atoms with Crippen molar-refractivity contribution in [2.45, 2.75) is 70.4 Å². The van der Waals surface area contributed by atoms with Crippen molar-refractivity contribution in [3.8, 4) is 11.5 Å². The molecule has 2 aromatic rings. The minimum atomic E-state index is -0.990. The number of methoxy groups -OCH3 is 1. The van der Waals surface area contributed by atoms with Crippen LogP contribution in [0.3, 0.4) is 0 Å². The summed E-state index contributed by atoms with van der Waals surface area (Å²) < 4.78 is 17.7. The summed E-state index contributed by atoms with van der Waals surface area (Å²) in [6, 6.07) is 11.2. The van der Waals surface area contributed by atoms with Crippen LogP contribution < -0.4 is 20.5 Å². The van der Waals surface area contributed by atoms with E-state index in [4.69, 9.17) is 19.9 Å². The lowest BCUT2D eigenvalue weighted by molar-refractivity contribution is -0.136. The highest BCUT2D eigenvalue weighted by Crippen LogP contribution is 2.48. The summed E-state index contributed by atoms with van der Waals surface area (Å²) in [6.45, 7) is 9.84. The van der Waals surface area contributed by atoms with Gasteiger partial charge in [0.05, 0.1) is 42.7 Å². The Hall–Kier alpha value is -3.63. The summed E-state index contributed by atoms with van der Waals surface area (Å²) in [6.07, 6.45) is -0.795. The monoisotopic (exact) mass is 550 g/mol. The molecule has 214 valence electrons. The smallest absolute Gasteiger partial charge is 0.251 e. The highest BCUT2D eigenvalue weighted by molar-refractivity contribution is 6.00. The normalized spacial score (nSPS) is 28.4. The predicted molar refractivity (Wildman–Crippen MR) is 149 cm³/mol. The largest absolute Gasteiger partial charge is 0.492 e. The molecule has 10 nitrogen and oxygen atoms in total. The van der Waals surface area contributed by atoms with E-state index < -0.39 is 34.7 Å². The second-order valence-corrected chi connectivity index (χ2v) is 12.4. The van der Waals surface area contributed by atoms with E-state index in [0.29, 0.717) is 28.2 Å². The number of rotatable bonds is 5. The zero-order valence-electron chi connectivity index (χ0n) is 23.9. The fourth-order valence-electron chi connectivity index (χ4n) is 6.02. The average Bonchev–Trinajstić information content (AvgIpc) is 2.86. The zero-order chi connectivity index (χ0) is 29.0. The summed E-state index contributed by atoms with van der Waals surface area (Å²) in [5, 5.41) is 14.1. The molecular weight excluding hydrogens is 512 g/mol. The van der Waals surface area contributed by atoms with E-state index in [1.807, 2.05) is 45.0 Å². The minimum absolute atomic E-state index is 0.125. The Balaban J connectivity index is 1.54. The first-order valence-electron chi connectivity index (χ1n) is 13.5. The number of hydrogen-bond acceptors (Lipinski definition) is 8. The van der Waals surface area contributed by atoms with Crippen molar-refractivity contribution < 1.29 is 28.9 Å². The minimum Gasteiger partial charge on any atom is -0.492 e. The number of para-hydroxylation sites is 1. The van der Waals surface area contributed by atoms with Crippen molar-refractivity contribution in [1.29, 1.82) is 0 Å². The summed E-state index contributed by atoms with van der Waals surface area (Å²) in [4.78, 5) is 33.3. The van der Waals surface area contributed by atoms with Crippen LogP contribution in [0.25, 0.3) is 0 Å². The van der Waals surface area contributed by atoms with Crippen LogP contribution in [-0.2, 0) is 9.53 Å². The third-order valence-corrected chi connectivity index (χ3v) is 7.97. The molecule has 0 bridgehead atoms. The van der Waals surface area contributed by atoms with E-state index in [9.17, 15) is 14.7 Å². The standard InChI is InChI=1S/C30H38N4O6/c1-28(2)14-22(35)34(27(31)33-28)24-19-13-17(11-12-20(19)39-16-30(24,5)15-38-6)26(37)32-23-18-9-7-8-10-21(18)40-29(3,4)25(23)36/h7-13,23-25,36H,14-16H2,1-6H3,(H2,31,33)(H,32,37)/t23-,24?,25+,30?/m1/s1. The van der Waals surface area contributed by atoms with Gasteiger partial charge in [-0.1, -0.05) is 25.1 Å². The number of amides is 2. The lowest BCUT2D eigenvalue weighted by Gasteiger charge is -2.48. The molecule has 2 aromatic carbocycles. The Morgan fingerprint density at radius 2 is 1.88 bits per heavy atom. The second-order valence-electron chi connectivity index (χ2n) is 12.4. The average molecular weight is 551 g/mol. The summed E-state index contributed by atoms with van der Waals surface area (Å²) in [5.74, 6) is 0.749. The van der Waals surface area contributed by atoms with Crippen LogP contribution in [0.5, 0.6) is 11.5 Å². The molecule has 0 spiro atoms. The maximum atomic E-state index is 13.7. The lowest BCUT2D eigenvalue weighted by Crippen LogP contribution is -2.57. The Kier molecular flexibility index (Phi) is 6.82. The van der Waals surface area contributed by atoms with Gasteiger partial charge in [-0.05, 0) is 52.0 Å². The Morgan fingerprint density at radius 1 is 1.15 bits per heavy atom. The molecule has 4 atom stereocenters. The Morgan fingerprint density at radius 3 is 2.58 bits per heavy atom. The van der Waals surface area contributed by atoms with Crippen molar-refractivity contribution in [2.75, 3.05) is 20.3 Å². The number of aliphatic hydroxyl groups is 1. The molecule has 0 fully saturated rings. The Labute approximate surface area is 234 Å². The highest BCUT2D eigenvalue weighted by atomic mass is 16.5. The van der Waals surface area contributed by atoms with Gasteiger partial charge in [0.1, 0.15) is 23.2 Å². The molecule has 2 amide bonds. The van der Waals surface area contributed by atoms with E-state index in [1.54, 1.807) is 39.2 Å². The number of nitrogens with two attached hydrogens (primary N) is 1. The van der Waals surface area contributed by atoms with Gasteiger partial charge in [0, 0.05) is 23.8 Å². The molecule has 4 N–H and O–H groups in total. The van der Waals surface area contributed by atoms with Crippen molar-refractivity contribution in [3.05, 3.63) is 59.2 Å². The van der Waals surface area contributed by atoms with Crippen LogP contribution >= 0.6 is 0 Å². The molecule has 0 aliphatic carbocycles. The summed E-state index contributed by atoms with van der Waals surface area (Å²) in [7, 11) is 1.60. The topological polar surface area (TPSA) is 136 Å². The molecule has 0 saturated heterocycles. The van der Waals surface area contributed by atoms with Crippen LogP contribution in [0.15, 0.2) is 47.5 Å². The molecular formula is C30H38N4O6. The number of benzene rings is 2. The first-order chi connectivity index (χ1) is 18.8. The van der Waals surface area contributed by atoms with Gasteiger partial charge in [0.2, 0.25) is 5.91 Å². The number of ether oxygens (including phenoxy) is 3. The fourth-order valence-corrected chi connectivity index (χ4v) is 6.02. The molecule has 5 rings (SSSR count). The molecule has 3 heterocycles. The molecule has 3 aliphatic rings. The first kappa shape index (κ1) is 27.9. The van der Waals surface area contributed by atoms with Crippen molar-refractivity contribution in [2.24, 2.45) is 16.1 Å². The van der Waals surface area contributed by atoms with Gasteiger partial charge in [0.25, 0.3) is 5.91 Å². The van der Waals surface area contributed by atoms with Crippen LogP contribution in [-0.4, -0.2) is 65.3 Å². The van der Waals surface area contributed by atoms with Crippen LogP contribution in [0, 0.1) is 5.41 Å². The van der Waals surface area contributed by atoms with Gasteiger partial charge >= 0.3 is 0 Å². The highest BCUT2D eigenvalue weighted by Gasteiger charge is 2.50. The third-order valence-electron chi connectivity index (χ3n) is 7.97. The molecule has 40 heavy (non-hydrogen) atoms. The van der Waals surface area contributed by atoms with Crippen molar-refractivity contribution >= 4 is 17.8 Å². The van der Waals surface area contributed by atoms with Gasteiger partial charge in [-0.2, -0.15) is 0 Å². The van der Waals surface area contributed by atoms with E-state index in [1.165, 1.54) is 4.90 Å². The number of aliphatic hydroxyl groups excluding tert-OH is 1. The molecule has 0 saturated carbocycles. The fraction of sp³-hybridized carbons (Fsp3) is 0.500. The van der Waals surface area contributed by atoms with E-state index in [2.05, 4.69) is 10.3 Å². The number of fused-ring (bicyclic) bond motifs is 2. The van der Waals surface area contributed by atoms with Crippen molar-refractivity contribution in [1.82, 2.24) is 10.2 Å². The van der Waals surface area contributed by atoms with Gasteiger partial charge in [-0.25, -0.2) is 4.99 Å². The first-order valence-corrected chi connectivity index (χ1v) is 13.5. The van der Waals surface area contributed by atoms with Gasteiger partial charge in [-0.3, -0.25) is 14.5 Å². The number of guanidine groups is 1. The zero-order valence-corrected chi connectivity index (χ0v) is 23.9. The molecule has 10 heteroatoms. The SMILES string of the molecule is COCC1(C)COc2ccc(C(=O)N[C@@H]3c4ccccc4OC(C)(C)[C@H]3O)cc2C1N1C(=O)CC(C)(C)N=C1N. The van der Waals surface area contributed by atoms with Crippen LogP contribution in [0.2, 0.25) is 0 Å². The summed E-state index contributed by atoms with van der Waals surface area (Å²) in [5.41, 5.74) is 5.90. The molecule has 2 unspecified atom stereocenters. The number of nitrogens with one attached hydrogen (secondary N) is 1. The maximum Gasteiger partial charge on any atom is 0.251 e. The molecule has 0 radical (unpaired) electrons. The van der Waals surface area contributed by atoms with E-state index in [0.717, 1.165) is 0 Å². The quantitative estimate of drug-likeness (QED) is 0.521. The van der Waals surface area contributed by atoms with Gasteiger partial charge in [0.15, 0.2) is 5.96 Å². The van der Waals surface area contributed by atoms with Crippen molar-refractivity contribution in [3.63, 3.8) is 0 Å². The van der Waals surface area contributed by atoms with Gasteiger partial charge < -0.3 is 30.4 Å². The number of aliphatic imine (C=N–C) groups is 1. The maximum absolute atomic E-state index is 13.7. The van der Waals surface area contributed by atoms with Gasteiger partial charge in [-0.15, -0.1) is 0 Å². The van der Waals surface area contributed by atoms with E-state index in [-0.39, 0.29) is 37.4 Å². The molecule has 0 aromatic heterocycles. The molecule has 3 aliphatic heterocycles. The Bertz CT molecular complexity index is 1370. The number of nitrogens with zero attached hydrogens (tertiary/aromatic N) is 2. The third kappa shape index (κ3) is 4.79. The van der Waals surface area contributed by atoms with Crippen LogP contribution in [0.1, 0.15) is 74.6 Å². The summed E-state index contributed by atoms with van der Waals surface area (Å²) >= 11 is 0. The van der Waals surface area contributed by atoms with E-state index >= 15 is 0 Å².